The molecule has 0 atom stereocenters. The maximum absolute atomic E-state index is 9.44. The number of amides is 1. The summed E-state index contributed by atoms with van der Waals surface area (Å²) in [5.74, 6) is 0. The summed E-state index contributed by atoms with van der Waals surface area (Å²) in [6, 6.07) is 0. The van der Waals surface area contributed by atoms with Crippen molar-refractivity contribution in [2.75, 3.05) is 12.5 Å². The lowest BCUT2D eigenvalue weighted by molar-refractivity contribution is -0.108. The number of allylic oxidation sites excluding steroid dienone is 1. The molecule has 3 heteroatoms. The number of rotatable bonds is 2. The van der Waals surface area contributed by atoms with Gasteiger partial charge in [0.2, 0.25) is 6.41 Å². The van der Waals surface area contributed by atoms with Crippen LogP contribution in [-0.4, -0.2) is 18.9 Å². The number of hydrogen-bond donors (Lipinski definition) is 1. The lowest BCUT2D eigenvalue weighted by Gasteiger charge is -1.86. The molecule has 0 aliphatic rings. The van der Waals surface area contributed by atoms with Crippen LogP contribution in [0.5, 0.6) is 0 Å². The first-order valence-corrected chi connectivity index (χ1v) is 6.49. The van der Waals surface area contributed by atoms with Crippen LogP contribution in [0.1, 0.15) is 41.0 Å². The highest BCUT2D eigenvalue weighted by Gasteiger charge is 1.70. The van der Waals surface area contributed by atoms with E-state index in [9.17, 15) is 4.79 Å². The summed E-state index contributed by atoms with van der Waals surface area (Å²) in [6.07, 6.45) is 5.93. The van der Waals surface area contributed by atoms with Crippen LogP contribution in [0.4, 0.5) is 0 Å². The van der Waals surface area contributed by atoms with E-state index in [1.165, 1.54) is 6.42 Å². The van der Waals surface area contributed by atoms with Gasteiger partial charge in [0.1, 0.15) is 0 Å². The number of carbonyl (C=O) groups excluding carboxylic acids is 1. The predicted molar refractivity (Wildman–Crippen MR) is 70.8 cm³/mol. The maximum Gasteiger partial charge on any atom is 0.211 e. The smallest absolute Gasteiger partial charge is 0.211 e. The highest BCUT2D eigenvalue weighted by molar-refractivity contribution is 7.97. The van der Waals surface area contributed by atoms with Gasteiger partial charge in [-0.2, -0.15) is 11.8 Å². The zero-order chi connectivity index (χ0) is 12.4. The largest absolute Gasteiger partial charge is 0.333 e. The molecule has 0 aliphatic carbocycles. The lowest BCUT2D eigenvalue weighted by Crippen LogP contribution is -2.04. The topological polar surface area (TPSA) is 29.1 Å². The molecule has 0 saturated heterocycles. The molecule has 2 nitrogen and oxygen atoms in total. The molecule has 0 aliphatic heterocycles. The summed E-state index contributed by atoms with van der Waals surface area (Å²) < 4.78 is 0. The minimum absolute atomic E-state index is 0.600. The highest BCUT2D eigenvalue weighted by Crippen LogP contribution is 1.70. The van der Waals surface area contributed by atoms with Crippen LogP contribution < -0.4 is 5.32 Å². The molecule has 0 radical (unpaired) electrons. The van der Waals surface area contributed by atoms with Gasteiger partial charge in [0.15, 0.2) is 0 Å². The van der Waals surface area contributed by atoms with Crippen molar-refractivity contribution in [2.24, 2.45) is 0 Å². The number of thioether (sulfide) groups is 1. The fourth-order valence-corrected chi connectivity index (χ4v) is 0.101. The lowest BCUT2D eigenvalue weighted by atomic mass is 10.6. The molecular weight excluding hydrogens is 194 g/mol. The van der Waals surface area contributed by atoms with Crippen molar-refractivity contribution in [1.29, 1.82) is 0 Å². The fourth-order valence-electron chi connectivity index (χ4n) is 0.101. The molecular formula is C11H27NOS. The van der Waals surface area contributed by atoms with Crippen molar-refractivity contribution in [3.63, 3.8) is 0 Å². The Kier molecular flexibility index (Phi) is 65.2. The van der Waals surface area contributed by atoms with Gasteiger partial charge in [0.25, 0.3) is 0 Å². The second kappa shape index (κ2) is 39.0. The average molecular weight is 221 g/mol. The van der Waals surface area contributed by atoms with Gasteiger partial charge in [0, 0.05) is 5.70 Å². The summed E-state index contributed by atoms with van der Waals surface area (Å²) in [7, 11) is 0. The summed E-state index contributed by atoms with van der Waals surface area (Å²) >= 11 is 1.75. The Morgan fingerprint density at radius 2 is 1.57 bits per heavy atom. The molecule has 0 fully saturated rings. The average Bonchev–Trinajstić information content (AvgIpc) is 2.10. The van der Waals surface area contributed by atoms with Crippen LogP contribution in [0.15, 0.2) is 12.3 Å². The Bertz CT molecular complexity index is 93.3. The zero-order valence-electron chi connectivity index (χ0n) is 10.8. The quantitative estimate of drug-likeness (QED) is 0.721. The van der Waals surface area contributed by atoms with Gasteiger partial charge in [-0.15, -0.1) is 0 Å². The third-order valence-electron chi connectivity index (χ3n) is 0.305. The Labute approximate surface area is 94.6 Å². The summed E-state index contributed by atoms with van der Waals surface area (Å²) in [5, 5.41) is 2.33. The van der Waals surface area contributed by atoms with E-state index in [1.54, 1.807) is 18.7 Å². The predicted octanol–water partition coefficient (Wildman–Crippen LogP) is 3.69. The summed E-state index contributed by atoms with van der Waals surface area (Å²) in [5.41, 5.74) is 0.671. The van der Waals surface area contributed by atoms with Crippen molar-refractivity contribution in [2.45, 2.75) is 41.0 Å². The molecule has 0 spiro atoms. The molecule has 0 saturated carbocycles. The second-order valence-electron chi connectivity index (χ2n) is 2.16. The van der Waals surface area contributed by atoms with Crippen molar-refractivity contribution in [1.82, 2.24) is 5.32 Å². The Morgan fingerprint density at radius 1 is 1.36 bits per heavy atom. The van der Waals surface area contributed by atoms with Gasteiger partial charge < -0.3 is 5.32 Å². The van der Waals surface area contributed by atoms with Gasteiger partial charge in [-0.1, -0.05) is 40.7 Å². The van der Waals surface area contributed by atoms with Crippen molar-refractivity contribution < 1.29 is 4.79 Å². The van der Waals surface area contributed by atoms with Crippen LogP contribution in [0.3, 0.4) is 0 Å². The molecule has 14 heavy (non-hydrogen) atoms. The summed E-state index contributed by atoms with van der Waals surface area (Å²) in [6.45, 7) is 13.4. The molecule has 0 heterocycles. The minimum Gasteiger partial charge on any atom is -0.333 e. The molecule has 0 aromatic heterocycles. The minimum atomic E-state index is 0.600. The van der Waals surface area contributed by atoms with Crippen LogP contribution in [0.2, 0.25) is 0 Å². The third kappa shape index (κ3) is 197. The van der Waals surface area contributed by atoms with E-state index < -0.39 is 0 Å². The van der Waals surface area contributed by atoms with E-state index in [0.717, 1.165) is 0 Å². The van der Waals surface area contributed by atoms with Crippen LogP contribution in [0, 0.1) is 0 Å². The number of nitrogens with one attached hydrogen (secondary N) is 1. The van der Waals surface area contributed by atoms with Crippen molar-refractivity contribution in [3.05, 3.63) is 12.3 Å². The van der Waals surface area contributed by atoms with Gasteiger partial charge in [-0.3, -0.25) is 4.79 Å². The van der Waals surface area contributed by atoms with Crippen molar-refractivity contribution in [3.8, 4) is 0 Å². The van der Waals surface area contributed by atoms with Crippen molar-refractivity contribution >= 4 is 18.2 Å². The van der Waals surface area contributed by atoms with E-state index in [1.807, 2.05) is 26.4 Å². The van der Waals surface area contributed by atoms with Crippen LogP contribution in [0.25, 0.3) is 0 Å². The van der Waals surface area contributed by atoms with Crippen LogP contribution >= 0.6 is 11.8 Å². The SMILES string of the molecule is C=C(C)NC=O.CC.CCC.CSC. The summed E-state index contributed by atoms with van der Waals surface area (Å²) in [4.78, 5) is 9.44. The van der Waals surface area contributed by atoms with Crippen LogP contribution in [-0.2, 0) is 4.79 Å². The van der Waals surface area contributed by atoms with E-state index >= 15 is 0 Å². The molecule has 0 aromatic rings. The molecule has 0 unspecified atom stereocenters. The number of hydrogen-bond acceptors (Lipinski definition) is 2. The number of carbonyl (C=O) groups is 1. The zero-order valence-corrected chi connectivity index (χ0v) is 11.6. The van der Waals surface area contributed by atoms with Gasteiger partial charge in [-0.05, 0) is 19.4 Å². The van der Waals surface area contributed by atoms with E-state index in [-0.39, 0.29) is 0 Å². The molecule has 88 valence electrons. The standard InChI is InChI=1S/C4H7NO.C3H8.C2H6S.C2H6/c1-4(2)5-3-6;2*1-3-2;1-2/h3H,1H2,2H3,(H,5,6);3H2,1-2H3;1-2H3;1-2H3. The molecule has 0 bridgehead atoms. The molecule has 1 amide bonds. The molecule has 0 rings (SSSR count). The second-order valence-corrected chi connectivity index (χ2v) is 2.97. The first-order chi connectivity index (χ1) is 6.60. The van der Waals surface area contributed by atoms with Gasteiger partial charge in [0.05, 0.1) is 0 Å². The van der Waals surface area contributed by atoms with Gasteiger partial charge in [-0.25, -0.2) is 0 Å². The fraction of sp³-hybridized carbons (Fsp3) is 0.727. The Balaban J connectivity index is -0.0000000536. The van der Waals surface area contributed by atoms with E-state index in [4.69, 9.17) is 0 Å². The van der Waals surface area contributed by atoms with Gasteiger partial charge >= 0.3 is 0 Å². The normalized spacial score (nSPS) is 5.93. The molecule has 1 N–H and O–H groups in total. The maximum atomic E-state index is 9.44. The van der Waals surface area contributed by atoms with E-state index in [2.05, 4.69) is 25.7 Å². The van der Waals surface area contributed by atoms with E-state index in [0.29, 0.717) is 12.1 Å². The first kappa shape index (κ1) is 23.4. The highest BCUT2D eigenvalue weighted by atomic mass is 32.2. The Morgan fingerprint density at radius 3 is 1.57 bits per heavy atom. The monoisotopic (exact) mass is 221 g/mol. The Hall–Kier alpha value is -0.440. The third-order valence-corrected chi connectivity index (χ3v) is 0.305. The molecule has 0 aromatic carbocycles. The first-order valence-electron chi connectivity index (χ1n) is 4.86.